The molecule has 5 heteroatoms. The Hall–Kier alpha value is -0.810. The first-order chi connectivity index (χ1) is 7.83. The van der Waals surface area contributed by atoms with E-state index in [0.717, 1.165) is 6.42 Å². The SMILES string of the molecule is CC1CN(C(=O)OC(C)(C)C)CCC1CON. The molecule has 1 amide bonds. The predicted molar refractivity (Wildman–Crippen MR) is 65.2 cm³/mol. The summed E-state index contributed by atoms with van der Waals surface area (Å²) in [6.07, 6.45) is 0.689. The molecule has 1 heterocycles. The van der Waals surface area contributed by atoms with E-state index in [1.165, 1.54) is 0 Å². The predicted octanol–water partition coefficient (Wildman–Crippen LogP) is 1.77. The highest BCUT2D eigenvalue weighted by Gasteiger charge is 2.31. The molecule has 0 spiro atoms. The van der Waals surface area contributed by atoms with Crippen LogP contribution in [-0.2, 0) is 9.57 Å². The second kappa shape index (κ2) is 5.69. The first-order valence-corrected chi connectivity index (χ1v) is 6.13. The van der Waals surface area contributed by atoms with Crippen LogP contribution in [0.25, 0.3) is 0 Å². The van der Waals surface area contributed by atoms with E-state index < -0.39 is 5.60 Å². The summed E-state index contributed by atoms with van der Waals surface area (Å²) in [4.78, 5) is 18.3. The van der Waals surface area contributed by atoms with Crippen molar-refractivity contribution in [3.05, 3.63) is 0 Å². The minimum atomic E-state index is -0.433. The molecule has 2 unspecified atom stereocenters. The van der Waals surface area contributed by atoms with Gasteiger partial charge < -0.3 is 14.5 Å². The monoisotopic (exact) mass is 244 g/mol. The van der Waals surface area contributed by atoms with Crippen LogP contribution < -0.4 is 5.90 Å². The van der Waals surface area contributed by atoms with Crippen molar-refractivity contribution in [2.45, 2.75) is 39.7 Å². The van der Waals surface area contributed by atoms with Crippen molar-refractivity contribution in [1.29, 1.82) is 0 Å². The first kappa shape index (κ1) is 14.3. The quantitative estimate of drug-likeness (QED) is 0.752. The summed E-state index contributed by atoms with van der Waals surface area (Å²) in [6.45, 7) is 9.73. The average Bonchev–Trinajstić information content (AvgIpc) is 2.18. The third kappa shape index (κ3) is 4.52. The molecule has 0 aliphatic carbocycles. The maximum atomic E-state index is 11.9. The molecule has 1 rings (SSSR count). The third-order valence-electron chi connectivity index (χ3n) is 3.04. The van der Waals surface area contributed by atoms with Crippen LogP contribution in [-0.4, -0.2) is 36.3 Å². The summed E-state index contributed by atoms with van der Waals surface area (Å²) < 4.78 is 5.35. The van der Waals surface area contributed by atoms with Crippen LogP contribution in [0.15, 0.2) is 0 Å². The maximum absolute atomic E-state index is 11.9. The molecule has 1 aliphatic rings. The molecule has 1 aliphatic heterocycles. The standard InChI is InChI=1S/C12H24N2O3/c1-9-7-14(6-5-10(9)8-16-13)11(15)17-12(2,3)4/h9-10H,5-8,13H2,1-4H3. The number of carbonyl (C=O) groups is 1. The van der Waals surface area contributed by atoms with Gasteiger partial charge in [0, 0.05) is 13.1 Å². The minimum Gasteiger partial charge on any atom is -0.444 e. The number of carbonyl (C=O) groups excluding carboxylic acids is 1. The van der Waals surface area contributed by atoms with Crippen molar-refractivity contribution in [1.82, 2.24) is 4.90 Å². The molecule has 100 valence electrons. The van der Waals surface area contributed by atoms with E-state index in [1.807, 2.05) is 20.8 Å². The molecule has 0 aromatic rings. The Bertz CT molecular complexity index is 263. The zero-order valence-corrected chi connectivity index (χ0v) is 11.2. The number of likely N-dealkylation sites (tertiary alicyclic amines) is 1. The second-order valence-electron chi connectivity index (χ2n) is 5.79. The number of nitrogens with two attached hydrogens (primary N) is 1. The zero-order chi connectivity index (χ0) is 13.1. The summed E-state index contributed by atoms with van der Waals surface area (Å²) in [7, 11) is 0. The molecule has 0 saturated carbocycles. The molecule has 1 saturated heterocycles. The molecule has 0 aromatic heterocycles. The molecule has 5 nitrogen and oxygen atoms in total. The lowest BCUT2D eigenvalue weighted by atomic mass is 9.88. The van der Waals surface area contributed by atoms with E-state index in [-0.39, 0.29) is 6.09 Å². The lowest BCUT2D eigenvalue weighted by Crippen LogP contribution is -2.46. The second-order valence-corrected chi connectivity index (χ2v) is 5.79. The van der Waals surface area contributed by atoms with E-state index in [2.05, 4.69) is 6.92 Å². The van der Waals surface area contributed by atoms with Crippen molar-refractivity contribution in [3.8, 4) is 0 Å². The summed E-state index contributed by atoms with van der Waals surface area (Å²) in [5, 5.41) is 0. The summed E-state index contributed by atoms with van der Waals surface area (Å²) in [5.41, 5.74) is -0.433. The van der Waals surface area contributed by atoms with Gasteiger partial charge in [0.15, 0.2) is 0 Å². The smallest absolute Gasteiger partial charge is 0.410 e. The summed E-state index contributed by atoms with van der Waals surface area (Å²) >= 11 is 0. The molecular weight excluding hydrogens is 220 g/mol. The van der Waals surface area contributed by atoms with E-state index >= 15 is 0 Å². The zero-order valence-electron chi connectivity index (χ0n) is 11.2. The number of piperidine rings is 1. The van der Waals surface area contributed by atoms with E-state index in [0.29, 0.717) is 31.5 Å². The number of rotatable bonds is 2. The fourth-order valence-corrected chi connectivity index (χ4v) is 2.06. The number of hydrogen-bond donors (Lipinski definition) is 1. The lowest BCUT2D eigenvalue weighted by molar-refractivity contribution is -0.000385. The fraction of sp³-hybridized carbons (Fsp3) is 0.917. The van der Waals surface area contributed by atoms with Crippen molar-refractivity contribution in [2.75, 3.05) is 19.7 Å². The largest absolute Gasteiger partial charge is 0.444 e. The number of nitrogens with zero attached hydrogens (tertiary/aromatic N) is 1. The molecule has 0 radical (unpaired) electrons. The van der Waals surface area contributed by atoms with Gasteiger partial charge in [-0.15, -0.1) is 0 Å². The normalized spacial score (nSPS) is 25.8. The highest BCUT2D eigenvalue weighted by atomic mass is 16.6. The maximum Gasteiger partial charge on any atom is 0.410 e. The van der Waals surface area contributed by atoms with Gasteiger partial charge in [-0.05, 0) is 39.0 Å². The van der Waals surface area contributed by atoms with Gasteiger partial charge in [0.2, 0.25) is 0 Å². The van der Waals surface area contributed by atoms with Crippen molar-refractivity contribution in [3.63, 3.8) is 0 Å². The van der Waals surface area contributed by atoms with Gasteiger partial charge >= 0.3 is 6.09 Å². The molecule has 2 N–H and O–H groups in total. The number of hydrogen-bond acceptors (Lipinski definition) is 4. The van der Waals surface area contributed by atoms with Crippen LogP contribution >= 0.6 is 0 Å². The lowest BCUT2D eigenvalue weighted by Gasteiger charge is -2.37. The van der Waals surface area contributed by atoms with Crippen LogP contribution in [0.5, 0.6) is 0 Å². The molecule has 2 atom stereocenters. The minimum absolute atomic E-state index is 0.225. The van der Waals surface area contributed by atoms with Gasteiger partial charge in [0.25, 0.3) is 0 Å². The van der Waals surface area contributed by atoms with Crippen LogP contribution in [0.1, 0.15) is 34.1 Å². The van der Waals surface area contributed by atoms with Gasteiger partial charge in [-0.1, -0.05) is 6.92 Å². The summed E-state index contributed by atoms with van der Waals surface area (Å²) in [6, 6.07) is 0. The Morgan fingerprint density at radius 3 is 2.59 bits per heavy atom. The Labute approximate surface area is 103 Å². The molecule has 0 bridgehead atoms. The summed E-state index contributed by atoms with van der Waals surface area (Å²) in [5.74, 6) is 5.91. The van der Waals surface area contributed by atoms with Gasteiger partial charge in [0.1, 0.15) is 5.60 Å². The van der Waals surface area contributed by atoms with Crippen LogP contribution in [0.3, 0.4) is 0 Å². The highest BCUT2D eigenvalue weighted by Crippen LogP contribution is 2.24. The van der Waals surface area contributed by atoms with Crippen molar-refractivity contribution < 1.29 is 14.4 Å². The van der Waals surface area contributed by atoms with Crippen LogP contribution in [0.4, 0.5) is 4.79 Å². The molecular formula is C12H24N2O3. The van der Waals surface area contributed by atoms with E-state index in [4.69, 9.17) is 15.5 Å². The Morgan fingerprint density at radius 2 is 2.12 bits per heavy atom. The van der Waals surface area contributed by atoms with E-state index in [9.17, 15) is 4.79 Å². The van der Waals surface area contributed by atoms with Crippen molar-refractivity contribution >= 4 is 6.09 Å². The van der Waals surface area contributed by atoms with Crippen molar-refractivity contribution in [2.24, 2.45) is 17.7 Å². The molecule has 17 heavy (non-hydrogen) atoms. The number of amides is 1. The van der Waals surface area contributed by atoms with Crippen LogP contribution in [0, 0.1) is 11.8 Å². The van der Waals surface area contributed by atoms with Gasteiger partial charge in [-0.25, -0.2) is 10.7 Å². The fourth-order valence-electron chi connectivity index (χ4n) is 2.06. The topological polar surface area (TPSA) is 64.8 Å². The Kier molecular flexibility index (Phi) is 4.77. The van der Waals surface area contributed by atoms with Gasteiger partial charge in [0.05, 0.1) is 6.61 Å². The molecule has 0 aromatic carbocycles. The third-order valence-corrected chi connectivity index (χ3v) is 3.04. The van der Waals surface area contributed by atoms with Crippen LogP contribution in [0.2, 0.25) is 0 Å². The highest BCUT2D eigenvalue weighted by molar-refractivity contribution is 5.68. The average molecular weight is 244 g/mol. The van der Waals surface area contributed by atoms with E-state index in [1.54, 1.807) is 4.90 Å². The van der Waals surface area contributed by atoms with Gasteiger partial charge in [-0.2, -0.15) is 0 Å². The molecule has 1 fully saturated rings. The number of ether oxygens (including phenoxy) is 1. The first-order valence-electron chi connectivity index (χ1n) is 6.13. The Morgan fingerprint density at radius 1 is 1.47 bits per heavy atom. The van der Waals surface area contributed by atoms with Gasteiger partial charge in [-0.3, -0.25) is 0 Å². The Balaban J connectivity index is 2.46.